The first-order chi connectivity index (χ1) is 17.1. The third-order valence-corrected chi connectivity index (χ3v) is 7.36. The van der Waals surface area contributed by atoms with Crippen LogP contribution in [0.3, 0.4) is 0 Å². The zero-order valence-electron chi connectivity index (χ0n) is 20.2. The Kier molecular flexibility index (Phi) is 6.10. The van der Waals surface area contributed by atoms with Gasteiger partial charge in [-0.05, 0) is 42.8 Å². The number of piperazine rings is 1. The van der Waals surface area contributed by atoms with Gasteiger partial charge in [-0.3, -0.25) is 14.6 Å². The summed E-state index contributed by atoms with van der Waals surface area (Å²) in [5.74, 6) is 1.66. The van der Waals surface area contributed by atoms with Crippen LogP contribution in [0.4, 0.5) is 5.69 Å². The van der Waals surface area contributed by atoms with Gasteiger partial charge in [0.15, 0.2) is 16.9 Å². The third kappa shape index (κ3) is 4.61. The Morgan fingerprint density at radius 3 is 2.40 bits per heavy atom. The summed E-state index contributed by atoms with van der Waals surface area (Å²) in [6.07, 6.45) is 0. The van der Waals surface area contributed by atoms with Crippen LogP contribution in [-0.4, -0.2) is 74.1 Å². The second-order valence-electron chi connectivity index (χ2n) is 9.63. The monoisotopic (exact) mass is 476 g/mol. The number of nitrogens with zero attached hydrogens (tertiary/aromatic N) is 3. The topological polar surface area (TPSA) is 70.3 Å². The molecule has 0 bridgehead atoms. The van der Waals surface area contributed by atoms with Gasteiger partial charge < -0.3 is 24.1 Å². The van der Waals surface area contributed by atoms with E-state index in [9.17, 15) is 4.79 Å². The Morgan fingerprint density at radius 2 is 1.60 bits per heavy atom. The summed E-state index contributed by atoms with van der Waals surface area (Å²) >= 11 is 0. The minimum absolute atomic E-state index is 0.147. The Bertz CT molecular complexity index is 1280. The highest BCUT2D eigenvalue weighted by atomic mass is 16.7. The van der Waals surface area contributed by atoms with Gasteiger partial charge in [0.25, 0.3) is 0 Å². The second kappa shape index (κ2) is 9.53. The number of aryl methyl sites for hydroxylation is 1. The van der Waals surface area contributed by atoms with E-state index in [0.29, 0.717) is 13.3 Å². The number of fused-ring (bicyclic) bond motifs is 2. The van der Waals surface area contributed by atoms with Gasteiger partial charge in [-0.25, -0.2) is 0 Å². The van der Waals surface area contributed by atoms with Gasteiger partial charge >= 0.3 is 0 Å². The molecule has 3 aliphatic rings. The van der Waals surface area contributed by atoms with E-state index >= 15 is 0 Å². The van der Waals surface area contributed by atoms with Crippen LogP contribution in [0.15, 0.2) is 41.2 Å². The molecule has 2 aromatic carbocycles. The molecule has 0 spiro atoms. The first kappa shape index (κ1) is 22.4. The third-order valence-electron chi connectivity index (χ3n) is 7.36. The number of pyridine rings is 1. The van der Waals surface area contributed by atoms with Crippen LogP contribution in [0.2, 0.25) is 0 Å². The molecule has 0 radical (unpaired) electrons. The van der Waals surface area contributed by atoms with Crippen molar-refractivity contribution in [3.63, 3.8) is 0 Å². The molecule has 35 heavy (non-hydrogen) atoms. The average Bonchev–Trinajstić information content (AvgIpc) is 3.36. The zero-order valence-corrected chi connectivity index (χ0v) is 20.2. The van der Waals surface area contributed by atoms with Crippen LogP contribution in [0, 0.1) is 6.92 Å². The molecule has 3 aliphatic heterocycles. The van der Waals surface area contributed by atoms with E-state index in [2.05, 4.69) is 37.9 Å². The van der Waals surface area contributed by atoms with Crippen molar-refractivity contribution in [1.29, 1.82) is 0 Å². The number of aromatic amines is 1. The maximum atomic E-state index is 13.5. The zero-order chi connectivity index (χ0) is 23.8. The molecule has 8 heteroatoms. The summed E-state index contributed by atoms with van der Waals surface area (Å²) in [5.41, 5.74) is 5.22. The summed E-state index contributed by atoms with van der Waals surface area (Å²) in [4.78, 5) is 24.2. The molecule has 2 fully saturated rings. The molecule has 0 saturated carbocycles. The van der Waals surface area contributed by atoms with Crippen molar-refractivity contribution in [2.45, 2.75) is 20.0 Å². The summed E-state index contributed by atoms with van der Waals surface area (Å²) in [7, 11) is 0. The highest BCUT2D eigenvalue weighted by molar-refractivity contribution is 5.83. The van der Waals surface area contributed by atoms with E-state index in [4.69, 9.17) is 14.2 Å². The average molecular weight is 477 g/mol. The number of aromatic nitrogens is 1. The predicted molar refractivity (Wildman–Crippen MR) is 135 cm³/mol. The molecule has 8 nitrogen and oxygen atoms in total. The number of benzene rings is 2. The molecule has 0 unspecified atom stereocenters. The van der Waals surface area contributed by atoms with Crippen molar-refractivity contribution in [3.05, 3.63) is 63.4 Å². The fourth-order valence-electron chi connectivity index (χ4n) is 5.27. The number of hydrogen-bond donors (Lipinski definition) is 1. The van der Waals surface area contributed by atoms with Crippen molar-refractivity contribution >= 4 is 16.6 Å². The summed E-state index contributed by atoms with van der Waals surface area (Å²) in [6.45, 7) is 10.9. The second-order valence-corrected chi connectivity index (χ2v) is 9.63. The number of rotatable bonds is 5. The van der Waals surface area contributed by atoms with Gasteiger partial charge in [-0.2, -0.15) is 0 Å². The first-order valence-corrected chi connectivity index (χ1v) is 12.5. The smallest absolute Gasteiger partial charge is 0.231 e. The molecule has 0 atom stereocenters. The van der Waals surface area contributed by atoms with Crippen LogP contribution >= 0.6 is 0 Å². The van der Waals surface area contributed by atoms with Crippen molar-refractivity contribution < 1.29 is 14.2 Å². The largest absolute Gasteiger partial charge is 0.454 e. The van der Waals surface area contributed by atoms with Crippen molar-refractivity contribution in [1.82, 2.24) is 14.8 Å². The summed E-state index contributed by atoms with van der Waals surface area (Å²) < 4.78 is 16.4. The molecule has 0 aliphatic carbocycles. The van der Waals surface area contributed by atoms with E-state index in [1.807, 2.05) is 25.1 Å². The highest BCUT2D eigenvalue weighted by Gasteiger charge is 2.21. The van der Waals surface area contributed by atoms with Gasteiger partial charge in [0, 0.05) is 80.2 Å². The van der Waals surface area contributed by atoms with Crippen LogP contribution in [-0.2, 0) is 17.8 Å². The van der Waals surface area contributed by atoms with E-state index < -0.39 is 0 Å². The first-order valence-electron chi connectivity index (χ1n) is 12.5. The molecule has 4 heterocycles. The van der Waals surface area contributed by atoms with Crippen molar-refractivity contribution in [2.24, 2.45) is 0 Å². The summed E-state index contributed by atoms with van der Waals surface area (Å²) in [5, 5.41) is 0.774. The molecule has 184 valence electrons. The Morgan fingerprint density at radius 1 is 0.857 bits per heavy atom. The van der Waals surface area contributed by atoms with Gasteiger partial charge in [0.05, 0.1) is 13.2 Å². The number of nitrogens with one attached hydrogen (secondary N) is 1. The van der Waals surface area contributed by atoms with E-state index in [1.165, 1.54) is 5.56 Å². The Hall–Kier alpha value is -3.07. The fraction of sp³-hybridized carbons (Fsp3) is 0.444. The van der Waals surface area contributed by atoms with Crippen molar-refractivity contribution in [3.8, 4) is 11.5 Å². The molecule has 1 N–H and O–H groups in total. The van der Waals surface area contributed by atoms with Crippen LogP contribution in [0.5, 0.6) is 11.5 Å². The van der Waals surface area contributed by atoms with E-state index in [0.717, 1.165) is 98.4 Å². The molecule has 1 aromatic heterocycles. The van der Waals surface area contributed by atoms with E-state index in [1.54, 1.807) is 0 Å². The normalized spacial score (nSPS) is 18.9. The molecule has 0 amide bonds. The van der Waals surface area contributed by atoms with Crippen LogP contribution in [0.1, 0.15) is 16.8 Å². The van der Waals surface area contributed by atoms with Crippen LogP contribution < -0.4 is 19.8 Å². The highest BCUT2D eigenvalue weighted by Crippen LogP contribution is 2.33. The minimum atomic E-state index is 0.147. The Balaban J connectivity index is 1.13. The maximum absolute atomic E-state index is 13.5. The molecule has 2 saturated heterocycles. The number of morpholine rings is 1. The standard InChI is InChI=1S/C27H32N4O4/c1-19-23(27(32)22-15-21(3-4-24(22)28-19)31-10-12-33-13-11-31)17-30-8-6-29(7-9-30)16-20-2-5-25-26(14-20)35-18-34-25/h2-5,14-15H,6-13,16-18H2,1H3,(H,28,32). The number of ether oxygens (including phenoxy) is 3. The van der Waals surface area contributed by atoms with Gasteiger partial charge in [0.1, 0.15) is 0 Å². The van der Waals surface area contributed by atoms with Gasteiger partial charge in [-0.15, -0.1) is 0 Å². The number of anilines is 1. The fourth-order valence-corrected chi connectivity index (χ4v) is 5.27. The SMILES string of the molecule is Cc1[nH]c2ccc(N3CCOCC3)cc2c(=O)c1CN1CCN(Cc2ccc3c(c2)OCO3)CC1. The lowest BCUT2D eigenvalue weighted by molar-refractivity contribution is 0.121. The minimum Gasteiger partial charge on any atom is -0.454 e. The number of H-pyrrole nitrogens is 1. The van der Waals surface area contributed by atoms with Crippen molar-refractivity contribution in [2.75, 3.05) is 64.2 Å². The quantitative estimate of drug-likeness (QED) is 0.607. The lowest BCUT2D eigenvalue weighted by Crippen LogP contribution is -2.46. The number of hydrogen-bond acceptors (Lipinski definition) is 7. The lowest BCUT2D eigenvalue weighted by atomic mass is 10.1. The molecule has 6 rings (SSSR count). The van der Waals surface area contributed by atoms with Gasteiger partial charge in [-0.1, -0.05) is 6.07 Å². The van der Waals surface area contributed by atoms with Crippen LogP contribution in [0.25, 0.3) is 10.9 Å². The van der Waals surface area contributed by atoms with Gasteiger partial charge in [0.2, 0.25) is 6.79 Å². The van der Waals surface area contributed by atoms with E-state index in [-0.39, 0.29) is 5.43 Å². The molecular weight excluding hydrogens is 444 g/mol. The molecule has 3 aromatic rings. The lowest BCUT2D eigenvalue weighted by Gasteiger charge is -2.35. The molecular formula is C27H32N4O4. The Labute approximate surface area is 205 Å². The summed E-state index contributed by atoms with van der Waals surface area (Å²) in [6, 6.07) is 12.4. The maximum Gasteiger partial charge on any atom is 0.231 e. The predicted octanol–water partition coefficient (Wildman–Crippen LogP) is 2.72.